The Bertz CT molecular complexity index is 1410. The molecule has 8 heteroatoms. The normalized spacial score (nSPS) is 11.9. The van der Waals surface area contributed by atoms with Gasteiger partial charge in [0, 0.05) is 29.0 Å². The van der Waals surface area contributed by atoms with Crippen LogP contribution in [-0.4, -0.2) is 41.1 Å². The second kappa shape index (κ2) is 10.7. The van der Waals surface area contributed by atoms with Crippen molar-refractivity contribution in [3.05, 3.63) is 94.3 Å². The molecule has 0 saturated carbocycles. The first-order valence-corrected chi connectivity index (χ1v) is 13.8. The fourth-order valence-corrected chi connectivity index (χ4v) is 6.64. The Kier molecular flexibility index (Phi) is 7.64. The molecule has 0 N–H and O–H groups in total. The van der Waals surface area contributed by atoms with Crippen LogP contribution in [0, 0.1) is 6.92 Å². The largest absolute Gasteiger partial charge is 0.332 e. The Labute approximate surface area is 210 Å². The molecule has 0 aliphatic heterocycles. The van der Waals surface area contributed by atoms with E-state index in [1.54, 1.807) is 54.5 Å². The van der Waals surface area contributed by atoms with Crippen molar-refractivity contribution >= 4 is 38.2 Å². The number of carbonyl (C=O) groups is 1. The molecule has 0 saturated heterocycles. The summed E-state index contributed by atoms with van der Waals surface area (Å²) in [6.07, 6.45) is 1.58. The summed E-state index contributed by atoms with van der Waals surface area (Å²) in [5.41, 5.74) is 2.52. The van der Waals surface area contributed by atoms with Gasteiger partial charge in [-0.3, -0.25) is 9.78 Å². The Morgan fingerprint density at radius 3 is 2.40 bits per heavy atom. The zero-order chi connectivity index (χ0) is 25.0. The lowest BCUT2D eigenvalue weighted by molar-refractivity contribution is -0.132. The smallest absolute Gasteiger partial charge is 0.245 e. The number of nitrogens with zero attached hydrogens (tertiary/aromatic N) is 3. The summed E-state index contributed by atoms with van der Waals surface area (Å²) in [6.45, 7) is 6.18. The minimum Gasteiger partial charge on any atom is -0.332 e. The van der Waals surface area contributed by atoms with E-state index in [-0.39, 0.29) is 17.3 Å². The van der Waals surface area contributed by atoms with Crippen LogP contribution in [-0.2, 0) is 27.9 Å². The summed E-state index contributed by atoms with van der Waals surface area (Å²) < 4.78 is 28.9. The van der Waals surface area contributed by atoms with Gasteiger partial charge < -0.3 is 4.90 Å². The molecule has 0 atom stereocenters. The van der Waals surface area contributed by atoms with Crippen LogP contribution in [0.5, 0.6) is 0 Å². The van der Waals surface area contributed by atoms with E-state index >= 15 is 0 Å². The van der Waals surface area contributed by atoms with Gasteiger partial charge in [-0.15, -0.1) is 11.3 Å². The van der Waals surface area contributed by atoms with Crippen molar-refractivity contribution in [2.45, 2.75) is 44.8 Å². The number of sulfonamides is 1. The third-order valence-electron chi connectivity index (χ3n) is 5.92. The van der Waals surface area contributed by atoms with Gasteiger partial charge in [0.2, 0.25) is 15.9 Å². The fraction of sp³-hybridized carbons (Fsp3) is 0.259. The number of aromatic nitrogens is 1. The molecule has 1 amide bonds. The lowest BCUT2D eigenvalue weighted by Gasteiger charge is -2.29. The number of hydrogen-bond donors (Lipinski definition) is 0. The third kappa shape index (κ3) is 5.61. The van der Waals surface area contributed by atoms with E-state index in [9.17, 15) is 13.2 Å². The highest BCUT2D eigenvalue weighted by molar-refractivity contribution is 7.89. The minimum absolute atomic E-state index is 0.112. The summed E-state index contributed by atoms with van der Waals surface area (Å²) in [7, 11) is -3.97. The maximum absolute atomic E-state index is 13.8. The van der Waals surface area contributed by atoms with Gasteiger partial charge in [-0.05, 0) is 55.5 Å². The van der Waals surface area contributed by atoms with E-state index in [1.165, 1.54) is 4.31 Å². The summed E-state index contributed by atoms with van der Waals surface area (Å²) in [5, 5.41) is 2.75. The molecule has 0 aliphatic rings. The van der Waals surface area contributed by atoms with E-state index in [0.717, 1.165) is 21.4 Å². The standard InChI is InChI=1S/C27H29N3O3S2/c1-20(2)30(35(32,33)25-13-7-11-23-12-8-15-28-27(23)25)19-26(31)29(17-22-9-5-4-6-10-22)18-24-21(3)14-16-34-24/h4-16,20H,17-19H2,1-3H3. The van der Waals surface area contributed by atoms with Gasteiger partial charge in [-0.25, -0.2) is 8.42 Å². The fourth-order valence-electron chi connectivity index (χ4n) is 3.96. The number of carbonyl (C=O) groups excluding carboxylic acids is 1. The molecule has 6 nitrogen and oxygen atoms in total. The summed E-state index contributed by atoms with van der Waals surface area (Å²) >= 11 is 1.60. The Morgan fingerprint density at radius 2 is 1.71 bits per heavy atom. The average Bonchev–Trinajstić information content (AvgIpc) is 3.26. The molecule has 182 valence electrons. The molecule has 4 aromatic rings. The zero-order valence-corrected chi connectivity index (χ0v) is 21.7. The maximum Gasteiger partial charge on any atom is 0.245 e. The monoisotopic (exact) mass is 507 g/mol. The number of thiophene rings is 1. The molecule has 0 bridgehead atoms. The summed E-state index contributed by atoms with van der Waals surface area (Å²) in [5.74, 6) is -0.243. The van der Waals surface area contributed by atoms with Gasteiger partial charge in [0.15, 0.2) is 0 Å². The Balaban J connectivity index is 1.66. The average molecular weight is 508 g/mol. The van der Waals surface area contributed by atoms with Crippen molar-refractivity contribution in [3.63, 3.8) is 0 Å². The van der Waals surface area contributed by atoms with Gasteiger partial charge in [0.25, 0.3) is 0 Å². The van der Waals surface area contributed by atoms with Crippen LogP contribution < -0.4 is 0 Å². The second-order valence-corrected chi connectivity index (χ2v) is 11.6. The number of hydrogen-bond acceptors (Lipinski definition) is 5. The Morgan fingerprint density at radius 1 is 0.971 bits per heavy atom. The number of rotatable bonds is 9. The van der Waals surface area contributed by atoms with Crippen molar-refractivity contribution in [3.8, 4) is 0 Å². The first-order valence-electron chi connectivity index (χ1n) is 11.5. The number of fused-ring (bicyclic) bond motifs is 1. The highest BCUT2D eigenvalue weighted by Gasteiger charge is 2.32. The number of benzene rings is 2. The van der Waals surface area contributed by atoms with E-state index in [0.29, 0.717) is 18.6 Å². The molecule has 4 rings (SSSR count). The van der Waals surface area contributed by atoms with Crippen molar-refractivity contribution in [1.82, 2.24) is 14.2 Å². The quantitative estimate of drug-likeness (QED) is 0.311. The first kappa shape index (κ1) is 25.0. The van der Waals surface area contributed by atoms with Crippen LogP contribution in [0.3, 0.4) is 0 Å². The van der Waals surface area contributed by atoms with E-state index in [2.05, 4.69) is 4.98 Å². The van der Waals surface area contributed by atoms with E-state index in [4.69, 9.17) is 0 Å². The second-order valence-electron chi connectivity index (χ2n) is 8.74. The van der Waals surface area contributed by atoms with Gasteiger partial charge in [0.1, 0.15) is 4.90 Å². The van der Waals surface area contributed by atoms with Crippen LogP contribution in [0.1, 0.15) is 29.9 Å². The van der Waals surface area contributed by atoms with Crippen molar-refractivity contribution in [1.29, 1.82) is 0 Å². The topological polar surface area (TPSA) is 70.6 Å². The summed E-state index contributed by atoms with van der Waals surface area (Å²) in [4.78, 5) is 20.9. The molecule has 0 unspecified atom stereocenters. The highest BCUT2D eigenvalue weighted by Crippen LogP contribution is 2.26. The molecular weight excluding hydrogens is 478 g/mol. The van der Waals surface area contributed by atoms with Crippen LogP contribution in [0.2, 0.25) is 0 Å². The maximum atomic E-state index is 13.8. The molecule has 0 fully saturated rings. The number of pyridine rings is 1. The zero-order valence-electron chi connectivity index (χ0n) is 20.1. The van der Waals surface area contributed by atoms with Crippen LogP contribution in [0.15, 0.2) is 83.2 Å². The van der Waals surface area contributed by atoms with Crippen molar-refractivity contribution < 1.29 is 13.2 Å². The molecule has 2 heterocycles. The van der Waals surface area contributed by atoms with Gasteiger partial charge in [0.05, 0.1) is 18.6 Å². The lowest BCUT2D eigenvalue weighted by Crippen LogP contribution is -2.45. The predicted octanol–water partition coefficient (Wildman–Crippen LogP) is 5.23. The third-order valence-corrected chi connectivity index (χ3v) is 8.98. The van der Waals surface area contributed by atoms with E-state index < -0.39 is 16.1 Å². The predicted molar refractivity (Wildman–Crippen MR) is 141 cm³/mol. The van der Waals surface area contributed by atoms with E-state index in [1.807, 2.05) is 60.8 Å². The van der Waals surface area contributed by atoms with Crippen LogP contribution >= 0.6 is 11.3 Å². The minimum atomic E-state index is -3.97. The first-order chi connectivity index (χ1) is 16.8. The number of para-hydroxylation sites is 1. The molecule has 2 aromatic carbocycles. The molecule has 2 aromatic heterocycles. The summed E-state index contributed by atoms with van der Waals surface area (Å²) in [6, 6.07) is 20.1. The SMILES string of the molecule is Cc1ccsc1CN(Cc1ccccc1)C(=O)CN(C(C)C)S(=O)(=O)c1cccc2cccnc12. The molecule has 0 radical (unpaired) electrons. The van der Waals surface area contributed by atoms with Crippen molar-refractivity contribution in [2.75, 3.05) is 6.54 Å². The molecular formula is C27H29N3O3S2. The van der Waals surface area contributed by atoms with Crippen LogP contribution in [0.25, 0.3) is 10.9 Å². The van der Waals surface area contributed by atoms with Gasteiger partial charge >= 0.3 is 0 Å². The Hall–Kier alpha value is -3.07. The van der Waals surface area contributed by atoms with Gasteiger partial charge in [-0.2, -0.15) is 4.31 Å². The molecule has 0 spiro atoms. The molecule has 0 aliphatic carbocycles. The lowest BCUT2D eigenvalue weighted by atomic mass is 10.2. The highest BCUT2D eigenvalue weighted by atomic mass is 32.2. The number of aryl methyl sites for hydroxylation is 1. The van der Waals surface area contributed by atoms with Crippen molar-refractivity contribution in [2.24, 2.45) is 0 Å². The number of amides is 1. The molecule has 35 heavy (non-hydrogen) atoms. The van der Waals surface area contributed by atoms with Gasteiger partial charge in [-0.1, -0.05) is 48.5 Å². The van der Waals surface area contributed by atoms with Crippen LogP contribution in [0.4, 0.5) is 0 Å².